The van der Waals surface area contributed by atoms with Crippen LogP contribution in [-0.4, -0.2) is 6.29 Å². The van der Waals surface area contributed by atoms with E-state index in [0.29, 0.717) is 16.9 Å². The summed E-state index contributed by atoms with van der Waals surface area (Å²) in [6.45, 7) is -0.127. The van der Waals surface area contributed by atoms with E-state index < -0.39 is 11.6 Å². The Kier molecular flexibility index (Phi) is 4.12. The number of aldehydes is 1. The van der Waals surface area contributed by atoms with Gasteiger partial charge in [0.15, 0.2) is 17.9 Å². The van der Waals surface area contributed by atoms with Gasteiger partial charge in [-0.15, -0.1) is 0 Å². The van der Waals surface area contributed by atoms with Crippen LogP contribution in [0.1, 0.15) is 15.9 Å². The van der Waals surface area contributed by atoms with Crippen LogP contribution < -0.4 is 4.74 Å². The van der Waals surface area contributed by atoms with Gasteiger partial charge in [0.1, 0.15) is 12.4 Å². The number of hydrogen-bond acceptors (Lipinski definition) is 2. The average molecular weight is 283 g/mol. The largest absolute Gasteiger partial charge is 0.485 e. The summed E-state index contributed by atoms with van der Waals surface area (Å²) in [5.74, 6) is -1.29. The van der Waals surface area contributed by atoms with Crippen molar-refractivity contribution in [3.8, 4) is 5.75 Å². The Bertz CT molecular complexity index is 614. The second-order valence-corrected chi connectivity index (χ2v) is 4.21. The van der Waals surface area contributed by atoms with Gasteiger partial charge in [-0.1, -0.05) is 17.7 Å². The predicted molar refractivity (Wildman–Crippen MR) is 67.5 cm³/mol. The molecule has 0 heterocycles. The molecule has 2 rings (SSSR count). The zero-order valence-electron chi connectivity index (χ0n) is 9.70. The number of rotatable bonds is 4. The van der Waals surface area contributed by atoms with Crippen molar-refractivity contribution >= 4 is 17.9 Å². The molecule has 0 saturated heterocycles. The van der Waals surface area contributed by atoms with Crippen LogP contribution in [-0.2, 0) is 6.61 Å². The first-order valence-electron chi connectivity index (χ1n) is 5.42. The zero-order valence-corrected chi connectivity index (χ0v) is 10.5. The lowest BCUT2D eigenvalue weighted by Gasteiger charge is -2.10. The van der Waals surface area contributed by atoms with Crippen LogP contribution >= 0.6 is 11.6 Å². The predicted octanol–water partition coefficient (Wildman–Crippen LogP) is 4.01. The van der Waals surface area contributed by atoms with Gasteiger partial charge in [0.2, 0.25) is 0 Å². The van der Waals surface area contributed by atoms with E-state index in [0.717, 1.165) is 0 Å². The molecular weight excluding hydrogens is 274 g/mol. The van der Waals surface area contributed by atoms with Crippen LogP contribution in [0, 0.1) is 11.6 Å². The van der Waals surface area contributed by atoms with Crippen LogP contribution in [0.3, 0.4) is 0 Å². The summed E-state index contributed by atoms with van der Waals surface area (Å²) in [4.78, 5) is 10.8. The topological polar surface area (TPSA) is 26.3 Å². The van der Waals surface area contributed by atoms with Gasteiger partial charge in [-0.25, -0.2) is 8.78 Å². The number of carbonyl (C=O) groups excluding carboxylic acids is 1. The van der Waals surface area contributed by atoms with Crippen molar-refractivity contribution in [1.29, 1.82) is 0 Å². The molecule has 0 aromatic heterocycles. The van der Waals surface area contributed by atoms with Gasteiger partial charge in [0.25, 0.3) is 0 Å². The van der Waals surface area contributed by atoms with Gasteiger partial charge in [-0.05, 0) is 30.3 Å². The molecule has 0 fully saturated rings. The molecule has 0 aliphatic heterocycles. The van der Waals surface area contributed by atoms with Crippen molar-refractivity contribution in [2.45, 2.75) is 6.61 Å². The van der Waals surface area contributed by atoms with Gasteiger partial charge in [0.05, 0.1) is 5.56 Å². The fourth-order valence-electron chi connectivity index (χ4n) is 1.57. The van der Waals surface area contributed by atoms with Crippen LogP contribution in [0.2, 0.25) is 5.02 Å². The summed E-state index contributed by atoms with van der Waals surface area (Å²) in [5.41, 5.74) is 0.467. The molecule has 0 amide bonds. The molecule has 98 valence electrons. The van der Waals surface area contributed by atoms with E-state index in [1.54, 1.807) is 0 Å². The smallest absolute Gasteiger partial charge is 0.165 e. The molecule has 0 spiro atoms. The Labute approximate surface area is 113 Å². The van der Waals surface area contributed by atoms with Crippen LogP contribution in [0.25, 0.3) is 0 Å². The standard InChI is InChI=1S/C14H9ClF2O2/c15-12-5-4-11(16)6-10(12)8-19-14-9(7-18)2-1-3-13(14)17/h1-7H,8H2. The van der Waals surface area contributed by atoms with E-state index in [1.807, 2.05) is 0 Å². The highest BCUT2D eigenvalue weighted by molar-refractivity contribution is 6.31. The van der Waals surface area contributed by atoms with E-state index in [9.17, 15) is 13.6 Å². The van der Waals surface area contributed by atoms with Crippen molar-refractivity contribution < 1.29 is 18.3 Å². The monoisotopic (exact) mass is 282 g/mol. The Morgan fingerprint density at radius 3 is 2.74 bits per heavy atom. The number of carbonyl (C=O) groups is 1. The minimum absolute atomic E-state index is 0.0903. The molecule has 2 nitrogen and oxygen atoms in total. The van der Waals surface area contributed by atoms with Crippen molar-refractivity contribution in [2.75, 3.05) is 0 Å². The second kappa shape index (κ2) is 5.80. The highest BCUT2D eigenvalue weighted by Gasteiger charge is 2.10. The van der Waals surface area contributed by atoms with Crippen LogP contribution in [0.5, 0.6) is 5.75 Å². The summed E-state index contributed by atoms with van der Waals surface area (Å²) >= 11 is 5.87. The molecule has 0 aliphatic rings. The molecule has 0 aliphatic carbocycles. The number of benzene rings is 2. The Hall–Kier alpha value is -1.94. The quantitative estimate of drug-likeness (QED) is 0.792. The first kappa shape index (κ1) is 13.5. The Morgan fingerprint density at radius 2 is 2.00 bits per heavy atom. The van der Waals surface area contributed by atoms with Gasteiger partial charge in [0, 0.05) is 10.6 Å². The summed E-state index contributed by atoms with van der Waals surface area (Å²) in [7, 11) is 0. The van der Waals surface area contributed by atoms with Gasteiger partial charge >= 0.3 is 0 Å². The van der Waals surface area contributed by atoms with Crippen LogP contribution in [0.4, 0.5) is 8.78 Å². The molecular formula is C14H9ClF2O2. The molecule has 19 heavy (non-hydrogen) atoms. The molecule has 2 aromatic carbocycles. The number of hydrogen-bond donors (Lipinski definition) is 0. The number of para-hydroxylation sites is 1. The van der Waals surface area contributed by atoms with Gasteiger partial charge < -0.3 is 4.74 Å². The summed E-state index contributed by atoms with van der Waals surface area (Å²) in [6.07, 6.45) is 0.492. The zero-order chi connectivity index (χ0) is 13.8. The third-order valence-corrected chi connectivity index (χ3v) is 2.87. The number of ether oxygens (including phenoxy) is 1. The van der Waals surface area contributed by atoms with Crippen molar-refractivity contribution in [3.63, 3.8) is 0 Å². The minimum Gasteiger partial charge on any atom is -0.485 e. The van der Waals surface area contributed by atoms with Gasteiger partial charge in [-0.2, -0.15) is 0 Å². The third-order valence-electron chi connectivity index (χ3n) is 2.50. The lowest BCUT2D eigenvalue weighted by Crippen LogP contribution is -2.01. The highest BCUT2D eigenvalue weighted by atomic mass is 35.5. The lowest BCUT2D eigenvalue weighted by atomic mass is 10.2. The Balaban J connectivity index is 2.23. The lowest BCUT2D eigenvalue weighted by molar-refractivity contribution is 0.111. The molecule has 0 saturated carbocycles. The van der Waals surface area contributed by atoms with E-state index >= 15 is 0 Å². The molecule has 0 atom stereocenters. The SMILES string of the molecule is O=Cc1cccc(F)c1OCc1cc(F)ccc1Cl. The molecule has 0 radical (unpaired) electrons. The number of halogens is 3. The van der Waals surface area contributed by atoms with Crippen LogP contribution in [0.15, 0.2) is 36.4 Å². The van der Waals surface area contributed by atoms with Crippen molar-refractivity contribution in [1.82, 2.24) is 0 Å². The Morgan fingerprint density at radius 1 is 1.21 bits per heavy atom. The molecule has 0 N–H and O–H groups in total. The maximum Gasteiger partial charge on any atom is 0.165 e. The van der Waals surface area contributed by atoms with E-state index in [4.69, 9.17) is 16.3 Å². The first-order valence-corrected chi connectivity index (χ1v) is 5.80. The van der Waals surface area contributed by atoms with Crippen molar-refractivity contribution in [3.05, 3.63) is 64.2 Å². The van der Waals surface area contributed by atoms with Crippen molar-refractivity contribution in [2.24, 2.45) is 0 Å². The summed E-state index contributed by atoms with van der Waals surface area (Å²) in [6, 6.07) is 7.81. The third kappa shape index (κ3) is 3.09. The second-order valence-electron chi connectivity index (χ2n) is 3.80. The summed E-state index contributed by atoms with van der Waals surface area (Å²) < 4.78 is 31.8. The first-order chi connectivity index (χ1) is 9.11. The molecule has 2 aromatic rings. The fraction of sp³-hybridized carbons (Fsp3) is 0.0714. The molecule has 0 unspecified atom stereocenters. The molecule has 5 heteroatoms. The summed E-state index contributed by atoms with van der Waals surface area (Å²) in [5, 5.41) is 0.311. The minimum atomic E-state index is -0.655. The van der Waals surface area contributed by atoms with E-state index in [-0.39, 0.29) is 17.9 Å². The normalized spacial score (nSPS) is 10.3. The van der Waals surface area contributed by atoms with E-state index in [2.05, 4.69) is 0 Å². The molecule has 0 bridgehead atoms. The maximum absolute atomic E-state index is 13.5. The van der Waals surface area contributed by atoms with Gasteiger partial charge in [-0.3, -0.25) is 4.79 Å². The maximum atomic E-state index is 13.5. The fourth-order valence-corrected chi connectivity index (χ4v) is 1.75. The van der Waals surface area contributed by atoms with E-state index in [1.165, 1.54) is 36.4 Å². The highest BCUT2D eigenvalue weighted by Crippen LogP contribution is 2.24. The average Bonchev–Trinajstić information content (AvgIpc) is 2.40.